The molecule has 6 heteroatoms. The van der Waals surface area contributed by atoms with Gasteiger partial charge in [0.05, 0.1) is 5.75 Å². The fourth-order valence-corrected chi connectivity index (χ4v) is 3.71. The van der Waals surface area contributed by atoms with E-state index in [1.54, 1.807) is 0 Å². The van der Waals surface area contributed by atoms with Crippen LogP contribution in [0.5, 0.6) is 0 Å². The summed E-state index contributed by atoms with van der Waals surface area (Å²) in [6.07, 6.45) is 4.59. The van der Waals surface area contributed by atoms with E-state index in [1.165, 1.54) is 12.8 Å². The number of hydrogen-bond acceptors (Lipinski definition) is 3. The van der Waals surface area contributed by atoms with Gasteiger partial charge in [0.15, 0.2) is 0 Å². The predicted octanol–water partition coefficient (Wildman–Crippen LogP) is 1.35. The van der Waals surface area contributed by atoms with E-state index in [0.29, 0.717) is 5.92 Å². The van der Waals surface area contributed by atoms with Crippen LogP contribution in [0.1, 0.15) is 45.4 Å². The first kappa shape index (κ1) is 14.4. The second-order valence-electron chi connectivity index (χ2n) is 4.77. The highest BCUT2D eigenvalue weighted by Crippen LogP contribution is 2.27. The Bertz CT molecular complexity index is 346. The van der Waals surface area contributed by atoms with Gasteiger partial charge in [0.2, 0.25) is 10.0 Å². The van der Waals surface area contributed by atoms with Gasteiger partial charge in [0, 0.05) is 12.5 Å². The average molecular weight is 263 g/mol. The van der Waals surface area contributed by atoms with Crippen molar-refractivity contribution in [1.82, 2.24) is 4.72 Å². The van der Waals surface area contributed by atoms with Crippen LogP contribution >= 0.6 is 0 Å². The molecule has 100 valence electrons. The zero-order valence-electron chi connectivity index (χ0n) is 10.2. The van der Waals surface area contributed by atoms with Crippen LogP contribution in [0.15, 0.2) is 0 Å². The number of rotatable bonds is 7. The lowest BCUT2D eigenvalue weighted by molar-refractivity contribution is -0.137. The number of carbonyl (C=O) groups is 1. The molecule has 1 aliphatic carbocycles. The molecular formula is C11H21NO4S. The van der Waals surface area contributed by atoms with E-state index in [1.807, 2.05) is 6.92 Å². The van der Waals surface area contributed by atoms with E-state index in [4.69, 9.17) is 5.11 Å². The molecule has 1 aliphatic rings. The van der Waals surface area contributed by atoms with Crippen LogP contribution in [-0.4, -0.2) is 31.3 Å². The molecule has 5 nitrogen and oxygen atoms in total. The molecule has 0 aliphatic heterocycles. The lowest BCUT2D eigenvalue weighted by Gasteiger charge is -2.20. The molecule has 0 bridgehead atoms. The van der Waals surface area contributed by atoms with Gasteiger partial charge in [-0.3, -0.25) is 4.79 Å². The van der Waals surface area contributed by atoms with Gasteiger partial charge in [0.25, 0.3) is 0 Å². The molecule has 0 aromatic heterocycles. The molecule has 0 spiro atoms. The number of nitrogens with one attached hydrogen (secondary N) is 1. The minimum atomic E-state index is -3.33. The fourth-order valence-electron chi connectivity index (χ4n) is 2.31. The summed E-state index contributed by atoms with van der Waals surface area (Å²) in [7, 11) is -3.33. The molecule has 1 fully saturated rings. The SMILES string of the molecule is C[C@@H](NS(=O)(=O)CCCC(=O)O)C1CCCC1. The van der Waals surface area contributed by atoms with Crippen LogP contribution in [0.25, 0.3) is 0 Å². The number of carboxylic acids is 1. The summed E-state index contributed by atoms with van der Waals surface area (Å²) < 4.78 is 26.0. The molecule has 0 heterocycles. The Morgan fingerprint density at radius 1 is 1.41 bits per heavy atom. The summed E-state index contributed by atoms with van der Waals surface area (Å²) >= 11 is 0. The maximum Gasteiger partial charge on any atom is 0.303 e. The van der Waals surface area contributed by atoms with Crippen LogP contribution < -0.4 is 4.72 Å². The van der Waals surface area contributed by atoms with Gasteiger partial charge in [0.1, 0.15) is 0 Å². The number of sulfonamides is 1. The fraction of sp³-hybridized carbons (Fsp3) is 0.909. The van der Waals surface area contributed by atoms with E-state index in [-0.39, 0.29) is 24.6 Å². The van der Waals surface area contributed by atoms with E-state index < -0.39 is 16.0 Å². The Labute approximate surface area is 103 Å². The number of hydrogen-bond donors (Lipinski definition) is 2. The minimum absolute atomic E-state index is 0.0349. The molecule has 0 radical (unpaired) electrons. The van der Waals surface area contributed by atoms with Crippen LogP contribution in [0, 0.1) is 5.92 Å². The minimum Gasteiger partial charge on any atom is -0.481 e. The van der Waals surface area contributed by atoms with Gasteiger partial charge in [-0.2, -0.15) is 0 Å². The van der Waals surface area contributed by atoms with Crippen molar-refractivity contribution in [2.24, 2.45) is 5.92 Å². The van der Waals surface area contributed by atoms with E-state index in [2.05, 4.69) is 4.72 Å². The van der Waals surface area contributed by atoms with Crippen LogP contribution in [0.3, 0.4) is 0 Å². The van der Waals surface area contributed by atoms with Crippen molar-refractivity contribution in [1.29, 1.82) is 0 Å². The van der Waals surface area contributed by atoms with Gasteiger partial charge < -0.3 is 5.11 Å². The maximum absolute atomic E-state index is 11.7. The predicted molar refractivity (Wildman–Crippen MR) is 65.2 cm³/mol. The summed E-state index contributed by atoms with van der Waals surface area (Å²) in [4.78, 5) is 10.3. The molecule has 17 heavy (non-hydrogen) atoms. The zero-order chi connectivity index (χ0) is 12.9. The van der Waals surface area contributed by atoms with Gasteiger partial charge in [-0.05, 0) is 32.1 Å². The Morgan fingerprint density at radius 3 is 2.53 bits per heavy atom. The number of aliphatic carboxylic acids is 1. The lowest BCUT2D eigenvalue weighted by Crippen LogP contribution is -2.38. The van der Waals surface area contributed by atoms with Gasteiger partial charge in [-0.1, -0.05) is 12.8 Å². The molecule has 0 saturated heterocycles. The monoisotopic (exact) mass is 263 g/mol. The van der Waals surface area contributed by atoms with Crippen molar-refractivity contribution in [3.05, 3.63) is 0 Å². The summed E-state index contributed by atoms with van der Waals surface area (Å²) in [5, 5.41) is 8.45. The summed E-state index contributed by atoms with van der Waals surface area (Å²) in [5.74, 6) is -0.621. The average Bonchev–Trinajstić information content (AvgIpc) is 2.68. The second-order valence-corrected chi connectivity index (χ2v) is 6.64. The van der Waals surface area contributed by atoms with Crippen LogP contribution in [-0.2, 0) is 14.8 Å². The molecule has 0 aromatic rings. The van der Waals surface area contributed by atoms with Crippen molar-refractivity contribution >= 4 is 16.0 Å². The maximum atomic E-state index is 11.7. The van der Waals surface area contributed by atoms with Gasteiger partial charge in [-0.15, -0.1) is 0 Å². The Kier molecular flexibility index (Phi) is 5.39. The van der Waals surface area contributed by atoms with Crippen molar-refractivity contribution < 1.29 is 18.3 Å². The van der Waals surface area contributed by atoms with Gasteiger partial charge in [-0.25, -0.2) is 13.1 Å². The third-order valence-corrected chi connectivity index (χ3v) is 4.83. The van der Waals surface area contributed by atoms with Crippen LogP contribution in [0.2, 0.25) is 0 Å². The topological polar surface area (TPSA) is 83.5 Å². The van der Waals surface area contributed by atoms with Crippen LogP contribution in [0.4, 0.5) is 0 Å². The van der Waals surface area contributed by atoms with E-state index >= 15 is 0 Å². The highest BCUT2D eigenvalue weighted by Gasteiger charge is 2.24. The summed E-state index contributed by atoms with van der Waals surface area (Å²) in [6, 6.07) is -0.0349. The second kappa shape index (κ2) is 6.35. The van der Waals surface area contributed by atoms with Gasteiger partial charge >= 0.3 is 5.97 Å². The molecular weight excluding hydrogens is 242 g/mol. The van der Waals surface area contributed by atoms with E-state index in [9.17, 15) is 13.2 Å². The van der Waals surface area contributed by atoms with Crippen molar-refractivity contribution in [2.45, 2.75) is 51.5 Å². The first-order valence-corrected chi connectivity index (χ1v) is 7.78. The first-order valence-electron chi connectivity index (χ1n) is 6.12. The largest absolute Gasteiger partial charge is 0.481 e. The normalized spacial score (nSPS) is 19.4. The number of carboxylic acid groups (broad SMARTS) is 1. The van der Waals surface area contributed by atoms with Crippen molar-refractivity contribution in [2.75, 3.05) is 5.75 Å². The summed E-state index contributed by atoms with van der Waals surface area (Å²) in [6.45, 7) is 1.89. The lowest BCUT2D eigenvalue weighted by atomic mass is 10.0. The molecule has 1 atom stereocenters. The molecule has 2 N–H and O–H groups in total. The third kappa shape index (κ3) is 5.50. The third-order valence-electron chi connectivity index (χ3n) is 3.28. The smallest absolute Gasteiger partial charge is 0.303 e. The van der Waals surface area contributed by atoms with Crippen molar-refractivity contribution in [3.63, 3.8) is 0 Å². The molecule has 0 unspecified atom stereocenters. The summed E-state index contributed by atoms with van der Waals surface area (Å²) in [5.41, 5.74) is 0. The molecule has 0 amide bonds. The quantitative estimate of drug-likeness (QED) is 0.726. The highest BCUT2D eigenvalue weighted by atomic mass is 32.2. The van der Waals surface area contributed by atoms with Crippen molar-refractivity contribution in [3.8, 4) is 0 Å². The Hall–Kier alpha value is -0.620. The molecule has 1 rings (SSSR count). The molecule has 1 saturated carbocycles. The zero-order valence-corrected chi connectivity index (χ0v) is 11.0. The highest BCUT2D eigenvalue weighted by molar-refractivity contribution is 7.89. The standard InChI is InChI=1S/C11H21NO4S/c1-9(10-5-2-3-6-10)12-17(15,16)8-4-7-11(13)14/h9-10,12H,2-8H2,1H3,(H,13,14)/t9-/m1/s1. The Balaban J connectivity index is 2.34. The Morgan fingerprint density at radius 2 is 2.00 bits per heavy atom. The molecule has 0 aromatic carbocycles. The van der Waals surface area contributed by atoms with E-state index in [0.717, 1.165) is 12.8 Å². The first-order chi connectivity index (χ1) is 7.91.